The van der Waals surface area contributed by atoms with Gasteiger partial charge in [-0.05, 0) is 38.8 Å². The molecule has 1 rings (SSSR count). The Morgan fingerprint density at radius 2 is 1.81 bits per heavy atom. The van der Waals surface area contributed by atoms with Gasteiger partial charge in [-0.3, -0.25) is 0 Å². The molecule has 0 heterocycles. The molecule has 0 aliphatic carbocycles. The number of hydrogen-bond donors (Lipinski definition) is 1. The van der Waals surface area contributed by atoms with Crippen molar-refractivity contribution >= 4 is 11.8 Å². The standard InChI is InChI=1S/C14H23NS/c1-4-14(5-6-15)16-10-13-8-11(2)7-12(3)9-13/h7-9,14H,4-6,10,15H2,1-3H3. The SMILES string of the molecule is CCC(CCN)SCc1cc(C)cc(C)c1. The van der Waals surface area contributed by atoms with Crippen LogP contribution < -0.4 is 5.73 Å². The molecule has 2 heteroatoms. The Morgan fingerprint density at radius 3 is 2.31 bits per heavy atom. The van der Waals surface area contributed by atoms with E-state index in [0.29, 0.717) is 5.25 Å². The van der Waals surface area contributed by atoms with Crippen molar-refractivity contribution in [3.63, 3.8) is 0 Å². The predicted octanol–water partition coefficient (Wildman–Crippen LogP) is 3.66. The first kappa shape index (κ1) is 13.6. The normalized spacial score (nSPS) is 12.8. The zero-order chi connectivity index (χ0) is 12.0. The quantitative estimate of drug-likeness (QED) is 0.817. The highest BCUT2D eigenvalue weighted by molar-refractivity contribution is 7.99. The third-order valence-corrected chi connectivity index (χ3v) is 4.25. The molecule has 0 saturated carbocycles. The summed E-state index contributed by atoms with van der Waals surface area (Å²) in [5.74, 6) is 1.11. The minimum atomic E-state index is 0.714. The summed E-state index contributed by atoms with van der Waals surface area (Å²) >= 11 is 2.04. The van der Waals surface area contributed by atoms with Crippen LogP contribution in [0, 0.1) is 13.8 Å². The van der Waals surface area contributed by atoms with Crippen molar-refractivity contribution < 1.29 is 0 Å². The molecule has 0 saturated heterocycles. The van der Waals surface area contributed by atoms with E-state index in [1.807, 2.05) is 11.8 Å². The molecule has 2 N–H and O–H groups in total. The van der Waals surface area contributed by atoms with Gasteiger partial charge < -0.3 is 5.73 Å². The molecule has 1 aromatic carbocycles. The first-order valence-corrected chi connectivity index (χ1v) is 7.09. The van der Waals surface area contributed by atoms with E-state index in [4.69, 9.17) is 5.73 Å². The number of aryl methyl sites for hydroxylation is 2. The van der Waals surface area contributed by atoms with Gasteiger partial charge in [-0.2, -0.15) is 11.8 Å². The van der Waals surface area contributed by atoms with Crippen LogP contribution in [-0.2, 0) is 5.75 Å². The van der Waals surface area contributed by atoms with E-state index in [9.17, 15) is 0 Å². The van der Waals surface area contributed by atoms with Gasteiger partial charge >= 0.3 is 0 Å². The van der Waals surface area contributed by atoms with Gasteiger partial charge in [0.15, 0.2) is 0 Å². The highest BCUT2D eigenvalue weighted by atomic mass is 32.2. The lowest BCUT2D eigenvalue weighted by Gasteiger charge is -2.13. The van der Waals surface area contributed by atoms with Crippen LogP contribution in [0.2, 0.25) is 0 Å². The lowest BCUT2D eigenvalue weighted by molar-refractivity contribution is 0.745. The van der Waals surface area contributed by atoms with Gasteiger partial charge in [-0.25, -0.2) is 0 Å². The third kappa shape index (κ3) is 4.58. The fourth-order valence-electron chi connectivity index (χ4n) is 1.96. The molecule has 1 nitrogen and oxygen atoms in total. The van der Waals surface area contributed by atoms with E-state index in [1.165, 1.54) is 23.1 Å². The topological polar surface area (TPSA) is 26.0 Å². The zero-order valence-corrected chi connectivity index (χ0v) is 11.4. The van der Waals surface area contributed by atoms with Crippen LogP contribution in [0.3, 0.4) is 0 Å². The Kier molecular flexibility index (Phi) is 5.93. The average Bonchev–Trinajstić information content (AvgIpc) is 2.23. The predicted molar refractivity (Wildman–Crippen MR) is 75.0 cm³/mol. The highest BCUT2D eigenvalue weighted by Gasteiger charge is 2.06. The van der Waals surface area contributed by atoms with E-state index in [2.05, 4.69) is 39.0 Å². The Morgan fingerprint density at radius 1 is 1.19 bits per heavy atom. The van der Waals surface area contributed by atoms with Gasteiger partial charge in [0.1, 0.15) is 0 Å². The van der Waals surface area contributed by atoms with Crippen molar-refractivity contribution in [3.8, 4) is 0 Å². The number of hydrogen-bond acceptors (Lipinski definition) is 2. The van der Waals surface area contributed by atoms with Crippen LogP contribution in [-0.4, -0.2) is 11.8 Å². The molecule has 0 bridgehead atoms. The van der Waals surface area contributed by atoms with Gasteiger partial charge in [0.2, 0.25) is 0 Å². The first-order chi connectivity index (χ1) is 7.65. The summed E-state index contributed by atoms with van der Waals surface area (Å²) in [5.41, 5.74) is 9.78. The average molecular weight is 237 g/mol. The molecular weight excluding hydrogens is 214 g/mol. The summed E-state index contributed by atoms with van der Waals surface area (Å²) in [6.07, 6.45) is 2.35. The van der Waals surface area contributed by atoms with Crippen LogP contribution in [0.5, 0.6) is 0 Å². The molecule has 1 unspecified atom stereocenters. The molecule has 0 radical (unpaired) electrons. The summed E-state index contributed by atoms with van der Waals surface area (Å²) < 4.78 is 0. The van der Waals surface area contributed by atoms with E-state index < -0.39 is 0 Å². The van der Waals surface area contributed by atoms with Gasteiger partial charge in [0, 0.05) is 11.0 Å². The van der Waals surface area contributed by atoms with Gasteiger partial charge in [-0.1, -0.05) is 36.2 Å². The first-order valence-electron chi connectivity index (χ1n) is 6.04. The monoisotopic (exact) mass is 237 g/mol. The van der Waals surface area contributed by atoms with Crippen molar-refractivity contribution in [1.29, 1.82) is 0 Å². The molecule has 1 atom stereocenters. The molecule has 0 fully saturated rings. The fourth-order valence-corrected chi connectivity index (χ4v) is 3.09. The highest BCUT2D eigenvalue weighted by Crippen LogP contribution is 2.23. The van der Waals surface area contributed by atoms with Gasteiger partial charge in [0.25, 0.3) is 0 Å². The van der Waals surface area contributed by atoms with E-state index in [-0.39, 0.29) is 0 Å². The molecule has 0 aliphatic heterocycles. The number of rotatable bonds is 6. The summed E-state index contributed by atoms with van der Waals surface area (Å²) in [4.78, 5) is 0. The van der Waals surface area contributed by atoms with E-state index in [0.717, 1.165) is 18.7 Å². The maximum atomic E-state index is 5.61. The minimum Gasteiger partial charge on any atom is -0.330 e. The Hall–Kier alpha value is -0.470. The molecule has 0 aliphatic rings. The summed E-state index contributed by atoms with van der Waals surface area (Å²) in [7, 11) is 0. The third-order valence-electron chi connectivity index (χ3n) is 2.71. The lowest BCUT2D eigenvalue weighted by atomic mass is 10.1. The van der Waals surface area contributed by atoms with Crippen molar-refractivity contribution in [2.24, 2.45) is 5.73 Å². The fraction of sp³-hybridized carbons (Fsp3) is 0.571. The summed E-state index contributed by atoms with van der Waals surface area (Å²) in [6, 6.07) is 6.80. The molecule has 0 aromatic heterocycles. The van der Waals surface area contributed by atoms with Gasteiger partial charge in [-0.15, -0.1) is 0 Å². The Bertz CT molecular complexity index is 302. The van der Waals surface area contributed by atoms with Crippen molar-refractivity contribution in [1.82, 2.24) is 0 Å². The second-order valence-electron chi connectivity index (χ2n) is 4.41. The van der Waals surface area contributed by atoms with Crippen LogP contribution in [0.1, 0.15) is 36.5 Å². The largest absolute Gasteiger partial charge is 0.330 e. The Labute approximate surface area is 104 Å². The number of thioether (sulfide) groups is 1. The molecular formula is C14H23NS. The Balaban J connectivity index is 2.52. The lowest BCUT2D eigenvalue weighted by Crippen LogP contribution is -2.09. The number of nitrogens with two attached hydrogens (primary N) is 1. The summed E-state index contributed by atoms with van der Waals surface area (Å²) in [6.45, 7) is 7.38. The van der Waals surface area contributed by atoms with Crippen molar-refractivity contribution in [3.05, 3.63) is 34.9 Å². The number of benzene rings is 1. The maximum Gasteiger partial charge on any atom is 0.0187 e. The maximum absolute atomic E-state index is 5.61. The smallest absolute Gasteiger partial charge is 0.0187 e. The van der Waals surface area contributed by atoms with Crippen LogP contribution in [0.4, 0.5) is 0 Å². The minimum absolute atomic E-state index is 0.714. The van der Waals surface area contributed by atoms with Crippen LogP contribution >= 0.6 is 11.8 Å². The molecule has 0 amide bonds. The second kappa shape index (κ2) is 6.97. The zero-order valence-electron chi connectivity index (χ0n) is 10.6. The van der Waals surface area contributed by atoms with Gasteiger partial charge in [0.05, 0.1) is 0 Å². The van der Waals surface area contributed by atoms with E-state index in [1.54, 1.807) is 0 Å². The van der Waals surface area contributed by atoms with Crippen molar-refractivity contribution in [2.45, 2.75) is 44.6 Å². The van der Waals surface area contributed by atoms with Crippen LogP contribution in [0.25, 0.3) is 0 Å². The molecule has 0 spiro atoms. The molecule has 1 aromatic rings. The second-order valence-corrected chi connectivity index (χ2v) is 5.70. The molecule has 90 valence electrons. The molecule has 16 heavy (non-hydrogen) atoms. The van der Waals surface area contributed by atoms with E-state index >= 15 is 0 Å². The van der Waals surface area contributed by atoms with Crippen molar-refractivity contribution in [2.75, 3.05) is 6.54 Å². The van der Waals surface area contributed by atoms with Crippen LogP contribution in [0.15, 0.2) is 18.2 Å². The summed E-state index contributed by atoms with van der Waals surface area (Å²) in [5, 5.41) is 0.714.